The molecule has 0 aliphatic rings. The number of nitrogens with one attached hydrogen (secondary N) is 1. The van der Waals surface area contributed by atoms with E-state index < -0.39 is 5.97 Å². The van der Waals surface area contributed by atoms with E-state index in [1.807, 2.05) is 0 Å². The molecule has 0 fully saturated rings. The second-order valence-electron chi connectivity index (χ2n) is 5.33. The van der Waals surface area contributed by atoms with Gasteiger partial charge in [0.2, 0.25) is 5.76 Å². The monoisotopic (exact) mass is 337 g/mol. The average Bonchev–Trinajstić information content (AvgIpc) is 2.86. The Balaban J connectivity index is 1.93. The second-order valence-corrected chi connectivity index (χ2v) is 5.77. The van der Waals surface area contributed by atoms with Gasteiger partial charge in [-0.1, -0.05) is 31.4 Å². The molecule has 2 aromatic rings. The Morgan fingerprint density at radius 1 is 1.30 bits per heavy atom. The molecule has 124 valence electrons. The maximum absolute atomic E-state index is 12.1. The van der Waals surface area contributed by atoms with Crippen LogP contribution in [0.3, 0.4) is 0 Å². The van der Waals surface area contributed by atoms with Crippen molar-refractivity contribution in [2.45, 2.75) is 33.1 Å². The van der Waals surface area contributed by atoms with Gasteiger partial charge >= 0.3 is 5.97 Å². The highest BCUT2D eigenvalue weighted by molar-refractivity contribution is 6.31. The number of fused-ring (bicyclic) bond motifs is 1. The summed E-state index contributed by atoms with van der Waals surface area (Å²) in [6.07, 6.45) is 3.06. The fourth-order valence-electron chi connectivity index (χ4n) is 2.24. The third kappa shape index (κ3) is 4.48. The van der Waals surface area contributed by atoms with Gasteiger partial charge in [0, 0.05) is 22.5 Å². The second kappa shape index (κ2) is 8.02. The lowest BCUT2D eigenvalue weighted by atomic mass is 10.1. The van der Waals surface area contributed by atoms with Crippen LogP contribution in [0.5, 0.6) is 0 Å². The van der Waals surface area contributed by atoms with Crippen LogP contribution in [-0.4, -0.2) is 25.0 Å². The van der Waals surface area contributed by atoms with E-state index in [1.165, 1.54) is 0 Å². The maximum atomic E-state index is 12.1. The summed E-state index contributed by atoms with van der Waals surface area (Å²) < 4.78 is 10.5. The van der Waals surface area contributed by atoms with Gasteiger partial charge in [0.15, 0.2) is 6.61 Å². The van der Waals surface area contributed by atoms with Crippen molar-refractivity contribution in [2.75, 3.05) is 13.2 Å². The summed E-state index contributed by atoms with van der Waals surface area (Å²) in [5, 5.41) is 4.03. The summed E-state index contributed by atoms with van der Waals surface area (Å²) in [7, 11) is 0. The van der Waals surface area contributed by atoms with Gasteiger partial charge in [-0.2, -0.15) is 0 Å². The van der Waals surface area contributed by atoms with Crippen LogP contribution in [-0.2, 0) is 9.53 Å². The Hall–Kier alpha value is -2.01. The van der Waals surface area contributed by atoms with Crippen LogP contribution in [0.4, 0.5) is 0 Å². The number of aryl methyl sites for hydroxylation is 1. The first kappa shape index (κ1) is 17.3. The Morgan fingerprint density at radius 3 is 2.83 bits per heavy atom. The number of hydrogen-bond acceptors (Lipinski definition) is 4. The Morgan fingerprint density at radius 2 is 2.09 bits per heavy atom. The van der Waals surface area contributed by atoms with E-state index in [4.69, 9.17) is 20.8 Å². The van der Waals surface area contributed by atoms with Gasteiger partial charge in [-0.25, -0.2) is 4.79 Å². The molecule has 0 unspecified atom stereocenters. The quantitative estimate of drug-likeness (QED) is 0.615. The minimum atomic E-state index is -0.654. The lowest BCUT2D eigenvalue weighted by molar-refractivity contribution is -0.124. The Kier molecular flexibility index (Phi) is 6.04. The number of ether oxygens (including phenoxy) is 1. The van der Waals surface area contributed by atoms with Crippen molar-refractivity contribution >= 4 is 34.4 Å². The molecule has 0 atom stereocenters. The summed E-state index contributed by atoms with van der Waals surface area (Å²) >= 11 is 5.94. The molecule has 5 nitrogen and oxygen atoms in total. The molecule has 0 aliphatic heterocycles. The average molecular weight is 338 g/mol. The number of halogens is 1. The molecule has 0 spiro atoms. The molecular weight excluding hydrogens is 318 g/mol. The van der Waals surface area contributed by atoms with E-state index in [0.717, 1.165) is 24.6 Å². The first-order valence-electron chi connectivity index (χ1n) is 7.65. The Bertz CT molecular complexity index is 708. The Labute approximate surface area is 139 Å². The molecule has 1 heterocycles. The van der Waals surface area contributed by atoms with Crippen LogP contribution in [0, 0.1) is 6.92 Å². The predicted molar refractivity (Wildman–Crippen MR) is 88.8 cm³/mol. The van der Waals surface area contributed by atoms with Gasteiger partial charge in [-0.3, -0.25) is 4.79 Å². The van der Waals surface area contributed by atoms with Crippen LogP contribution in [0.2, 0.25) is 5.02 Å². The van der Waals surface area contributed by atoms with Crippen molar-refractivity contribution in [2.24, 2.45) is 0 Å². The zero-order valence-corrected chi connectivity index (χ0v) is 14.0. The van der Waals surface area contributed by atoms with Gasteiger partial charge in [0.05, 0.1) is 0 Å². The molecule has 0 bridgehead atoms. The third-order valence-electron chi connectivity index (χ3n) is 3.52. The molecule has 1 aromatic carbocycles. The number of benzene rings is 1. The van der Waals surface area contributed by atoms with E-state index in [0.29, 0.717) is 22.7 Å². The van der Waals surface area contributed by atoms with Crippen LogP contribution in [0.15, 0.2) is 22.6 Å². The minimum absolute atomic E-state index is 0.0982. The SMILES string of the molecule is CCCCCNC(=O)COC(=O)c1oc2ccc(Cl)cc2c1C. The summed E-state index contributed by atoms with van der Waals surface area (Å²) in [5.41, 5.74) is 1.21. The molecule has 1 N–H and O–H groups in total. The first-order chi connectivity index (χ1) is 11.0. The molecule has 6 heteroatoms. The molecule has 0 saturated heterocycles. The van der Waals surface area contributed by atoms with E-state index in [-0.39, 0.29) is 18.3 Å². The molecule has 0 aliphatic carbocycles. The standard InChI is InChI=1S/C17H20ClNO4/c1-3-4-5-8-19-15(20)10-22-17(21)16-11(2)13-9-12(18)6-7-14(13)23-16/h6-7,9H,3-5,8,10H2,1-2H3,(H,19,20). The lowest BCUT2D eigenvalue weighted by Crippen LogP contribution is -2.29. The number of esters is 1. The number of carbonyl (C=O) groups is 2. The van der Waals surface area contributed by atoms with Crippen molar-refractivity contribution < 1.29 is 18.7 Å². The van der Waals surface area contributed by atoms with E-state index in [1.54, 1.807) is 25.1 Å². The van der Waals surface area contributed by atoms with Crippen LogP contribution in [0.1, 0.15) is 42.3 Å². The zero-order chi connectivity index (χ0) is 16.8. The summed E-state index contributed by atoms with van der Waals surface area (Å²) in [6, 6.07) is 5.11. The van der Waals surface area contributed by atoms with Crippen molar-refractivity contribution in [3.63, 3.8) is 0 Å². The summed E-state index contributed by atoms with van der Waals surface area (Å²) in [5.74, 6) is -0.870. The van der Waals surface area contributed by atoms with Crippen molar-refractivity contribution in [1.29, 1.82) is 0 Å². The number of amides is 1. The van der Waals surface area contributed by atoms with Gasteiger partial charge in [0.1, 0.15) is 5.58 Å². The molecule has 1 aromatic heterocycles. The number of unbranched alkanes of at least 4 members (excludes halogenated alkanes) is 2. The maximum Gasteiger partial charge on any atom is 0.375 e. The normalized spacial score (nSPS) is 10.7. The molecule has 23 heavy (non-hydrogen) atoms. The van der Waals surface area contributed by atoms with Crippen LogP contribution in [0.25, 0.3) is 11.0 Å². The fraction of sp³-hybridized carbons (Fsp3) is 0.412. The highest BCUT2D eigenvalue weighted by Crippen LogP contribution is 2.28. The summed E-state index contributed by atoms with van der Waals surface area (Å²) in [4.78, 5) is 23.7. The number of carbonyl (C=O) groups excluding carboxylic acids is 2. The number of rotatable bonds is 7. The predicted octanol–water partition coefficient (Wildman–Crippen LogP) is 3.86. The van der Waals surface area contributed by atoms with Gasteiger partial charge in [0.25, 0.3) is 5.91 Å². The first-order valence-corrected chi connectivity index (χ1v) is 8.03. The van der Waals surface area contributed by atoms with Crippen molar-refractivity contribution in [3.8, 4) is 0 Å². The van der Waals surface area contributed by atoms with Crippen molar-refractivity contribution in [3.05, 3.63) is 34.5 Å². The highest BCUT2D eigenvalue weighted by atomic mass is 35.5. The molecular formula is C17H20ClNO4. The number of hydrogen-bond donors (Lipinski definition) is 1. The minimum Gasteiger partial charge on any atom is -0.450 e. The van der Waals surface area contributed by atoms with Crippen LogP contribution >= 0.6 is 11.6 Å². The van der Waals surface area contributed by atoms with Gasteiger partial charge in [-0.15, -0.1) is 0 Å². The van der Waals surface area contributed by atoms with E-state index in [9.17, 15) is 9.59 Å². The largest absolute Gasteiger partial charge is 0.450 e. The molecule has 2 rings (SSSR count). The topological polar surface area (TPSA) is 68.5 Å². The highest BCUT2D eigenvalue weighted by Gasteiger charge is 2.20. The van der Waals surface area contributed by atoms with Crippen LogP contribution < -0.4 is 5.32 Å². The van der Waals surface area contributed by atoms with Gasteiger partial charge in [-0.05, 0) is 31.5 Å². The number of furan rings is 1. The van der Waals surface area contributed by atoms with Gasteiger partial charge < -0.3 is 14.5 Å². The smallest absolute Gasteiger partial charge is 0.375 e. The lowest BCUT2D eigenvalue weighted by Gasteiger charge is -2.05. The molecule has 0 saturated carbocycles. The van der Waals surface area contributed by atoms with Crippen molar-refractivity contribution in [1.82, 2.24) is 5.32 Å². The third-order valence-corrected chi connectivity index (χ3v) is 3.76. The van der Waals surface area contributed by atoms with E-state index in [2.05, 4.69) is 12.2 Å². The molecule has 1 amide bonds. The van der Waals surface area contributed by atoms with E-state index >= 15 is 0 Å². The zero-order valence-electron chi connectivity index (χ0n) is 13.3. The molecule has 0 radical (unpaired) electrons. The summed E-state index contributed by atoms with van der Waals surface area (Å²) in [6.45, 7) is 4.12. The fourth-order valence-corrected chi connectivity index (χ4v) is 2.41.